The average Bonchev–Trinajstić information content (AvgIpc) is 3.39. The molecule has 2 fully saturated rings. The molecular formula is C35H38N4O3. The topological polar surface area (TPSA) is 85.6 Å². The highest BCUT2D eigenvalue weighted by molar-refractivity contribution is 6.01. The van der Waals surface area contributed by atoms with Crippen molar-refractivity contribution in [3.05, 3.63) is 114 Å². The first-order valence-electron chi connectivity index (χ1n) is 14.6. The van der Waals surface area contributed by atoms with E-state index in [1.807, 2.05) is 68.7 Å². The zero-order chi connectivity index (χ0) is 29.3. The lowest BCUT2D eigenvalue weighted by Crippen LogP contribution is -2.57. The molecule has 0 unspecified atom stereocenters. The molecular weight excluding hydrogens is 524 g/mol. The molecule has 1 atom stereocenters. The van der Waals surface area contributed by atoms with Gasteiger partial charge < -0.3 is 10.1 Å². The van der Waals surface area contributed by atoms with Crippen molar-refractivity contribution < 1.29 is 15.8 Å². The molecule has 7 nitrogen and oxygen atoms in total. The van der Waals surface area contributed by atoms with Gasteiger partial charge >= 0.3 is 5.97 Å². The summed E-state index contributed by atoms with van der Waals surface area (Å²) in [6.07, 6.45) is 16.6. The lowest BCUT2D eigenvalue weighted by Gasteiger charge is -2.57. The van der Waals surface area contributed by atoms with Crippen molar-refractivity contribution in [1.29, 1.82) is 0 Å². The van der Waals surface area contributed by atoms with Crippen LogP contribution >= 0.6 is 0 Å². The minimum atomic E-state index is -0.330. The molecule has 2 saturated carbocycles. The minimum absolute atomic E-state index is 0. The Morgan fingerprint density at radius 2 is 1.95 bits per heavy atom. The van der Waals surface area contributed by atoms with Gasteiger partial charge in [0.15, 0.2) is 0 Å². The monoisotopic (exact) mass is 562 g/mol. The highest BCUT2D eigenvalue weighted by atomic mass is 16.5. The maximum absolute atomic E-state index is 13.4. The van der Waals surface area contributed by atoms with E-state index < -0.39 is 0 Å². The van der Waals surface area contributed by atoms with Crippen molar-refractivity contribution in [3.63, 3.8) is 0 Å². The molecule has 0 aliphatic heterocycles. The van der Waals surface area contributed by atoms with Gasteiger partial charge in [0.2, 0.25) is 0 Å². The van der Waals surface area contributed by atoms with Crippen molar-refractivity contribution in [2.75, 3.05) is 0 Å². The predicted molar refractivity (Wildman–Crippen MR) is 166 cm³/mol. The second-order valence-corrected chi connectivity index (χ2v) is 11.7. The third kappa shape index (κ3) is 5.39. The number of nitrogens with zero attached hydrogens (tertiary/aromatic N) is 3. The Labute approximate surface area is 247 Å². The van der Waals surface area contributed by atoms with Crippen LogP contribution in [-0.2, 0) is 16.0 Å². The number of ether oxygens (including phenoxy) is 1. The Morgan fingerprint density at radius 3 is 2.71 bits per heavy atom. The Hall–Kier alpha value is -4.52. The summed E-state index contributed by atoms with van der Waals surface area (Å²) in [6.45, 7) is 7.65. The third-order valence-corrected chi connectivity index (χ3v) is 8.79. The lowest BCUT2D eigenvalue weighted by molar-refractivity contribution is -0.165. The molecule has 0 bridgehead atoms. The summed E-state index contributed by atoms with van der Waals surface area (Å²) in [5, 5.41) is 9.92. The van der Waals surface area contributed by atoms with Crippen molar-refractivity contribution >= 4 is 28.2 Å². The largest absolute Gasteiger partial charge is 0.458 e. The summed E-state index contributed by atoms with van der Waals surface area (Å²) >= 11 is 0. The molecule has 1 N–H and O–H groups in total. The van der Waals surface area contributed by atoms with Crippen LogP contribution in [0.15, 0.2) is 97.5 Å². The van der Waals surface area contributed by atoms with Crippen LogP contribution in [0, 0.1) is 11.3 Å². The van der Waals surface area contributed by atoms with Crippen LogP contribution in [-0.4, -0.2) is 38.6 Å². The number of benzene rings is 1. The number of pyridine rings is 2. The van der Waals surface area contributed by atoms with Gasteiger partial charge in [-0.05, 0) is 73.6 Å². The lowest BCUT2D eigenvalue weighted by atomic mass is 9.50. The van der Waals surface area contributed by atoms with Gasteiger partial charge in [-0.1, -0.05) is 61.2 Å². The predicted octanol–water partition coefficient (Wildman–Crippen LogP) is 6.63. The molecule has 2 aliphatic rings. The summed E-state index contributed by atoms with van der Waals surface area (Å²) in [5.74, 6) is -0.339. The van der Waals surface area contributed by atoms with E-state index in [1.165, 1.54) is 0 Å². The number of carbonyl (C=O) groups excluding carboxylic acids is 2. The maximum atomic E-state index is 13.4. The number of amides is 1. The summed E-state index contributed by atoms with van der Waals surface area (Å²) in [6, 6.07) is 14.3. The fourth-order valence-electron chi connectivity index (χ4n) is 6.60. The standard InChI is InChI=1S/C35H36N4O3.H2/c1-4-6-10-24(5-2)23(3)42-34(41)28-17-35(18-28)19-30(20-35)38-33(40)31-22-37-39-14-9-13-26(32(31)39)16-29-15-25-11-7-8-12-27(25)21-36-29;/h4-15,21-23,28,30H,2,16-20H2,1,3H3,(H,38,40);1H/b6-4-,24-10+;/t23-,28?,30?,35?;/m0./s1. The van der Waals surface area contributed by atoms with Gasteiger partial charge in [-0.3, -0.25) is 14.6 Å². The number of nitrogens with one attached hydrogen (secondary N) is 1. The zero-order valence-electron chi connectivity index (χ0n) is 24.1. The highest BCUT2D eigenvalue weighted by Crippen LogP contribution is 2.59. The molecule has 2 aliphatic carbocycles. The minimum Gasteiger partial charge on any atom is -0.458 e. The fourth-order valence-corrected chi connectivity index (χ4v) is 6.60. The molecule has 4 aromatic rings. The Morgan fingerprint density at radius 1 is 1.17 bits per heavy atom. The molecule has 6 rings (SSSR count). The molecule has 1 aromatic carbocycles. The molecule has 7 heteroatoms. The smallest absolute Gasteiger partial charge is 0.309 e. The van der Waals surface area contributed by atoms with E-state index >= 15 is 0 Å². The third-order valence-electron chi connectivity index (χ3n) is 8.79. The quantitative estimate of drug-likeness (QED) is 0.183. The van der Waals surface area contributed by atoms with Crippen molar-refractivity contribution in [2.45, 2.75) is 58.1 Å². The first-order chi connectivity index (χ1) is 20.4. The number of hydrogen-bond donors (Lipinski definition) is 1. The second-order valence-electron chi connectivity index (χ2n) is 11.7. The number of fused-ring (bicyclic) bond motifs is 2. The fraction of sp³-hybridized carbons (Fsp3) is 0.314. The van der Waals surface area contributed by atoms with Crippen LogP contribution < -0.4 is 5.32 Å². The average molecular weight is 563 g/mol. The SMILES string of the molecule is C=C/C(=C\C=C/C)[C@H](C)OC(=O)C1CC2(CC(NC(=O)c3cnn4cccc(Cc5cc6ccccc6cn5)c34)C2)C1.[HH]. The zero-order valence-corrected chi connectivity index (χ0v) is 24.1. The normalized spacial score (nSPS) is 22.6. The second kappa shape index (κ2) is 11.4. The number of esters is 1. The van der Waals surface area contributed by atoms with Gasteiger partial charge in [-0.25, -0.2) is 4.52 Å². The number of carbonyl (C=O) groups is 2. The number of rotatable bonds is 9. The van der Waals surface area contributed by atoms with Crippen LogP contribution in [0.25, 0.3) is 16.3 Å². The maximum Gasteiger partial charge on any atom is 0.309 e. The molecule has 3 heterocycles. The molecule has 0 saturated heterocycles. The van der Waals surface area contributed by atoms with E-state index in [1.54, 1.807) is 16.8 Å². The van der Waals surface area contributed by atoms with Gasteiger partial charge in [0.25, 0.3) is 5.91 Å². The van der Waals surface area contributed by atoms with Gasteiger partial charge in [-0.15, -0.1) is 0 Å². The first kappa shape index (κ1) is 27.6. The van der Waals surface area contributed by atoms with Crippen LogP contribution in [0.5, 0.6) is 0 Å². The van der Waals surface area contributed by atoms with E-state index in [2.05, 4.69) is 40.2 Å². The van der Waals surface area contributed by atoms with Crippen LogP contribution in [0.3, 0.4) is 0 Å². The molecule has 1 spiro atoms. The van der Waals surface area contributed by atoms with Gasteiger partial charge in [0.05, 0.1) is 23.2 Å². The molecule has 1 amide bonds. The highest BCUT2D eigenvalue weighted by Gasteiger charge is 2.55. The van der Waals surface area contributed by atoms with Gasteiger partial charge in [0, 0.05) is 37.4 Å². The van der Waals surface area contributed by atoms with E-state index in [9.17, 15) is 9.59 Å². The molecule has 216 valence electrons. The first-order valence-corrected chi connectivity index (χ1v) is 14.6. The Bertz CT molecular complexity index is 1730. The summed E-state index contributed by atoms with van der Waals surface area (Å²) in [4.78, 5) is 30.8. The Balaban J connectivity index is 0.00000368. The number of hydrogen-bond acceptors (Lipinski definition) is 5. The van der Waals surface area contributed by atoms with Crippen molar-refractivity contribution in [1.82, 2.24) is 19.9 Å². The van der Waals surface area contributed by atoms with E-state index in [0.29, 0.717) is 12.0 Å². The number of aromatic nitrogens is 3. The van der Waals surface area contributed by atoms with E-state index in [-0.39, 0.29) is 36.8 Å². The van der Waals surface area contributed by atoms with E-state index in [0.717, 1.165) is 58.8 Å². The summed E-state index contributed by atoms with van der Waals surface area (Å²) in [5.41, 5.74) is 4.33. The van der Waals surface area contributed by atoms with Crippen LogP contribution in [0.1, 0.15) is 62.6 Å². The molecule has 3 aromatic heterocycles. The van der Waals surface area contributed by atoms with Gasteiger partial charge in [0.1, 0.15) is 6.10 Å². The molecule has 0 radical (unpaired) electrons. The summed E-state index contributed by atoms with van der Waals surface area (Å²) < 4.78 is 7.49. The van der Waals surface area contributed by atoms with Gasteiger partial charge in [-0.2, -0.15) is 5.10 Å². The van der Waals surface area contributed by atoms with Crippen LogP contribution in [0.2, 0.25) is 0 Å². The number of allylic oxidation sites excluding steroid dienone is 3. The molecule has 42 heavy (non-hydrogen) atoms. The van der Waals surface area contributed by atoms with E-state index in [4.69, 9.17) is 4.74 Å². The Kier molecular flexibility index (Phi) is 7.50. The van der Waals surface area contributed by atoms with Crippen LogP contribution in [0.4, 0.5) is 0 Å². The van der Waals surface area contributed by atoms with Crippen molar-refractivity contribution in [3.8, 4) is 0 Å². The summed E-state index contributed by atoms with van der Waals surface area (Å²) in [7, 11) is 0. The van der Waals surface area contributed by atoms with Crippen molar-refractivity contribution in [2.24, 2.45) is 11.3 Å².